The van der Waals surface area contributed by atoms with Gasteiger partial charge in [-0.3, -0.25) is 4.79 Å². The summed E-state index contributed by atoms with van der Waals surface area (Å²) in [5.74, 6) is 3.25. The highest BCUT2D eigenvalue weighted by Crippen LogP contribution is 2.41. The van der Waals surface area contributed by atoms with Crippen molar-refractivity contribution in [1.82, 2.24) is 0 Å². The number of rotatable bonds is 3. The van der Waals surface area contributed by atoms with E-state index in [4.69, 9.17) is 9.47 Å². The average Bonchev–Trinajstić information content (AvgIpc) is 2.44. The monoisotopic (exact) mass is 294 g/mol. The molecule has 0 aromatic heterocycles. The fraction of sp³-hybridized carbons (Fsp3) is 0.944. The Morgan fingerprint density at radius 2 is 1.90 bits per heavy atom. The van der Waals surface area contributed by atoms with Crippen LogP contribution in [-0.4, -0.2) is 25.3 Å². The molecule has 120 valence electrons. The third kappa shape index (κ3) is 3.28. The molecular formula is C18H30O3. The molecule has 0 aromatic rings. The minimum absolute atomic E-state index is 0.0536. The summed E-state index contributed by atoms with van der Waals surface area (Å²) in [7, 11) is 0. The molecule has 3 nitrogen and oxygen atoms in total. The fourth-order valence-electron chi connectivity index (χ4n) is 4.44. The molecule has 1 saturated heterocycles. The minimum Gasteiger partial charge on any atom is -0.465 e. The van der Waals surface area contributed by atoms with Crippen LogP contribution in [0.1, 0.15) is 52.9 Å². The Morgan fingerprint density at radius 1 is 1.10 bits per heavy atom. The molecule has 0 N–H and O–H groups in total. The Bertz CT molecular complexity index is 381. The summed E-state index contributed by atoms with van der Waals surface area (Å²) in [6.07, 6.45) is 6.19. The third-order valence-electron chi connectivity index (χ3n) is 6.26. The molecular weight excluding hydrogens is 264 g/mol. The van der Waals surface area contributed by atoms with Gasteiger partial charge in [-0.25, -0.2) is 0 Å². The van der Waals surface area contributed by atoms with Crippen molar-refractivity contribution in [3.63, 3.8) is 0 Å². The molecule has 3 aliphatic rings. The molecule has 21 heavy (non-hydrogen) atoms. The molecule has 0 aromatic carbocycles. The van der Waals surface area contributed by atoms with Gasteiger partial charge in [0.1, 0.15) is 0 Å². The number of fused-ring (bicyclic) bond motifs is 1. The van der Waals surface area contributed by atoms with Gasteiger partial charge in [-0.05, 0) is 49.4 Å². The Balaban J connectivity index is 1.48. The van der Waals surface area contributed by atoms with Gasteiger partial charge in [0.25, 0.3) is 0 Å². The lowest BCUT2D eigenvalue weighted by Gasteiger charge is -2.46. The normalized spacial score (nSPS) is 46.3. The van der Waals surface area contributed by atoms with E-state index < -0.39 is 0 Å². The fourth-order valence-corrected chi connectivity index (χ4v) is 4.44. The van der Waals surface area contributed by atoms with Gasteiger partial charge >= 0.3 is 5.97 Å². The van der Waals surface area contributed by atoms with Gasteiger partial charge in [-0.1, -0.05) is 27.2 Å². The highest BCUT2D eigenvalue weighted by atomic mass is 16.5. The Labute approximate surface area is 128 Å². The number of ether oxygens (including phenoxy) is 2. The van der Waals surface area contributed by atoms with E-state index in [-0.39, 0.29) is 11.9 Å². The Kier molecular flexibility index (Phi) is 4.58. The molecule has 0 radical (unpaired) electrons. The third-order valence-corrected chi connectivity index (χ3v) is 6.26. The van der Waals surface area contributed by atoms with E-state index in [0.717, 1.165) is 25.4 Å². The molecule has 0 bridgehead atoms. The predicted molar refractivity (Wildman–Crippen MR) is 81.7 cm³/mol. The van der Waals surface area contributed by atoms with E-state index in [1.54, 1.807) is 0 Å². The molecule has 2 saturated carbocycles. The van der Waals surface area contributed by atoms with Crippen LogP contribution < -0.4 is 0 Å². The summed E-state index contributed by atoms with van der Waals surface area (Å²) in [6.45, 7) is 8.30. The van der Waals surface area contributed by atoms with Crippen LogP contribution in [0, 0.1) is 35.5 Å². The molecule has 7 atom stereocenters. The lowest BCUT2D eigenvalue weighted by Crippen LogP contribution is -2.48. The molecule has 3 heteroatoms. The maximum absolute atomic E-state index is 12.4. The summed E-state index contributed by atoms with van der Waals surface area (Å²) in [5.41, 5.74) is 0. The van der Waals surface area contributed by atoms with Crippen molar-refractivity contribution >= 4 is 5.97 Å². The molecule has 1 heterocycles. The first-order chi connectivity index (χ1) is 10.0. The van der Waals surface area contributed by atoms with Crippen LogP contribution in [0.2, 0.25) is 0 Å². The predicted octanol–water partition coefficient (Wildman–Crippen LogP) is 3.66. The molecule has 2 aliphatic carbocycles. The Hall–Kier alpha value is -0.570. The van der Waals surface area contributed by atoms with Gasteiger partial charge in [0.2, 0.25) is 0 Å². The van der Waals surface area contributed by atoms with Crippen LogP contribution in [0.15, 0.2) is 0 Å². The number of carbonyl (C=O) groups excluding carboxylic acids is 1. The van der Waals surface area contributed by atoms with Gasteiger partial charge in [0, 0.05) is 5.92 Å². The van der Waals surface area contributed by atoms with Crippen molar-refractivity contribution in [2.45, 2.75) is 59.0 Å². The SMILES string of the molecule is C[C@H]1CC[C@H](C)[C@H](C(=O)OC[C@H]2C[C@H]3OC[C@H]3C[C@H]2C)C1. The summed E-state index contributed by atoms with van der Waals surface area (Å²) >= 11 is 0. The summed E-state index contributed by atoms with van der Waals surface area (Å²) in [5, 5.41) is 0. The van der Waals surface area contributed by atoms with Gasteiger partial charge < -0.3 is 9.47 Å². The zero-order chi connectivity index (χ0) is 15.0. The Morgan fingerprint density at radius 3 is 2.62 bits per heavy atom. The second-order valence-corrected chi connectivity index (χ2v) is 7.97. The maximum Gasteiger partial charge on any atom is 0.309 e. The molecule has 3 fully saturated rings. The van der Waals surface area contributed by atoms with E-state index in [0.29, 0.717) is 36.4 Å². The first kappa shape index (κ1) is 15.3. The lowest BCUT2D eigenvalue weighted by atomic mass is 9.71. The van der Waals surface area contributed by atoms with Gasteiger partial charge in [-0.2, -0.15) is 0 Å². The van der Waals surface area contributed by atoms with Crippen molar-refractivity contribution < 1.29 is 14.3 Å². The standard InChI is InChI=1S/C18H30O3/c1-11-4-5-12(2)16(6-11)18(19)21-9-14-8-17-15(10-20-17)7-13(14)3/h11-17H,4-10H2,1-3H3/t11-,12-,13+,14+,15+,16+,17+/m0/s1. The number of hydrogen-bond acceptors (Lipinski definition) is 3. The van der Waals surface area contributed by atoms with Crippen LogP contribution in [-0.2, 0) is 14.3 Å². The first-order valence-corrected chi connectivity index (χ1v) is 8.82. The van der Waals surface area contributed by atoms with E-state index in [9.17, 15) is 4.79 Å². The van der Waals surface area contributed by atoms with Crippen molar-refractivity contribution in [3.05, 3.63) is 0 Å². The van der Waals surface area contributed by atoms with Crippen LogP contribution in [0.3, 0.4) is 0 Å². The van der Waals surface area contributed by atoms with E-state index in [1.807, 2.05) is 0 Å². The van der Waals surface area contributed by atoms with Crippen molar-refractivity contribution in [2.24, 2.45) is 35.5 Å². The van der Waals surface area contributed by atoms with E-state index in [1.165, 1.54) is 19.3 Å². The molecule has 0 amide bonds. The summed E-state index contributed by atoms with van der Waals surface area (Å²) in [4.78, 5) is 12.4. The highest BCUT2D eigenvalue weighted by Gasteiger charge is 2.42. The lowest BCUT2D eigenvalue weighted by molar-refractivity contribution is -0.170. The topological polar surface area (TPSA) is 35.5 Å². The minimum atomic E-state index is 0.0536. The van der Waals surface area contributed by atoms with Crippen LogP contribution in [0.4, 0.5) is 0 Å². The molecule has 1 aliphatic heterocycles. The van der Waals surface area contributed by atoms with Crippen molar-refractivity contribution in [2.75, 3.05) is 13.2 Å². The van der Waals surface area contributed by atoms with Crippen LogP contribution >= 0.6 is 0 Å². The average molecular weight is 294 g/mol. The van der Waals surface area contributed by atoms with E-state index in [2.05, 4.69) is 20.8 Å². The number of carbonyl (C=O) groups is 1. The largest absolute Gasteiger partial charge is 0.465 e. The van der Waals surface area contributed by atoms with Gasteiger partial charge in [0.05, 0.1) is 25.2 Å². The first-order valence-electron chi connectivity index (χ1n) is 8.82. The zero-order valence-electron chi connectivity index (χ0n) is 13.7. The highest BCUT2D eigenvalue weighted by molar-refractivity contribution is 5.72. The quantitative estimate of drug-likeness (QED) is 0.745. The van der Waals surface area contributed by atoms with E-state index >= 15 is 0 Å². The van der Waals surface area contributed by atoms with Crippen molar-refractivity contribution in [3.8, 4) is 0 Å². The van der Waals surface area contributed by atoms with Crippen molar-refractivity contribution in [1.29, 1.82) is 0 Å². The summed E-state index contributed by atoms with van der Waals surface area (Å²) in [6, 6.07) is 0. The maximum atomic E-state index is 12.4. The number of hydrogen-bond donors (Lipinski definition) is 0. The number of esters is 1. The van der Waals surface area contributed by atoms with Gasteiger partial charge in [0.15, 0.2) is 0 Å². The molecule has 0 spiro atoms. The van der Waals surface area contributed by atoms with Gasteiger partial charge in [-0.15, -0.1) is 0 Å². The second kappa shape index (κ2) is 6.28. The zero-order valence-corrected chi connectivity index (χ0v) is 13.7. The molecule has 3 rings (SSSR count). The summed E-state index contributed by atoms with van der Waals surface area (Å²) < 4.78 is 11.4. The smallest absolute Gasteiger partial charge is 0.309 e. The van der Waals surface area contributed by atoms with Crippen LogP contribution in [0.5, 0.6) is 0 Å². The second-order valence-electron chi connectivity index (χ2n) is 7.97. The van der Waals surface area contributed by atoms with Crippen LogP contribution in [0.25, 0.3) is 0 Å². The molecule has 0 unspecified atom stereocenters.